The minimum atomic E-state index is -0.147. The van der Waals surface area contributed by atoms with Crippen molar-refractivity contribution in [1.29, 1.82) is 0 Å². The average molecular weight is 445 g/mol. The molecule has 0 aliphatic heterocycles. The quantitative estimate of drug-likeness (QED) is 0.409. The number of rotatable bonds is 7. The molecule has 0 bridgehead atoms. The first-order chi connectivity index (χ1) is 15.2. The third kappa shape index (κ3) is 4.04. The van der Waals surface area contributed by atoms with Gasteiger partial charge in [-0.1, -0.05) is 66.0 Å². The summed E-state index contributed by atoms with van der Waals surface area (Å²) in [5, 5.41) is 10.4. The molecule has 0 aromatic rings. The van der Waals surface area contributed by atoms with E-state index in [4.69, 9.17) is 4.74 Å². The summed E-state index contributed by atoms with van der Waals surface area (Å²) in [5.41, 5.74) is 2.28. The number of hydrogen-bond acceptors (Lipinski definition) is 2. The number of aliphatic hydroxyl groups excluding tert-OH is 1. The van der Waals surface area contributed by atoms with Crippen molar-refractivity contribution in [2.45, 2.75) is 118 Å². The summed E-state index contributed by atoms with van der Waals surface area (Å²) < 4.78 is 6.20. The van der Waals surface area contributed by atoms with Crippen molar-refractivity contribution in [1.82, 2.24) is 0 Å². The van der Waals surface area contributed by atoms with Gasteiger partial charge >= 0.3 is 0 Å². The fraction of sp³-hybridized carbons (Fsp3) is 0.933. The molecule has 184 valence electrons. The average Bonchev–Trinajstić information content (AvgIpc) is 3.11. The van der Waals surface area contributed by atoms with Gasteiger partial charge in [-0.25, -0.2) is 0 Å². The van der Waals surface area contributed by atoms with Crippen LogP contribution in [0.1, 0.15) is 106 Å². The number of methoxy groups -OCH3 is 1. The van der Waals surface area contributed by atoms with E-state index in [1.54, 1.807) is 0 Å². The second-order valence-electron chi connectivity index (χ2n) is 13.2. The van der Waals surface area contributed by atoms with Crippen molar-refractivity contribution in [2.75, 3.05) is 7.11 Å². The molecule has 2 nitrogen and oxygen atoms in total. The Kier molecular flexibility index (Phi) is 7.25. The number of aliphatic hydroxyl groups is 1. The zero-order chi connectivity index (χ0) is 23.3. The minimum absolute atomic E-state index is 0.147. The summed E-state index contributed by atoms with van der Waals surface area (Å²) in [6, 6.07) is 0. The number of fused-ring (bicyclic) bond motifs is 5. The van der Waals surface area contributed by atoms with E-state index >= 15 is 0 Å². The maximum atomic E-state index is 10.4. The molecule has 32 heavy (non-hydrogen) atoms. The Bertz CT molecular complexity index is 682. The monoisotopic (exact) mass is 444 g/mol. The lowest BCUT2D eigenvalue weighted by Gasteiger charge is -2.60. The molecule has 3 saturated carbocycles. The number of ether oxygens (including phenoxy) is 1. The van der Waals surface area contributed by atoms with Crippen molar-refractivity contribution in [3.63, 3.8) is 0 Å². The van der Waals surface area contributed by atoms with E-state index in [9.17, 15) is 5.11 Å². The van der Waals surface area contributed by atoms with Gasteiger partial charge in [0.05, 0.1) is 12.2 Å². The minimum Gasteiger partial charge on any atom is -0.393 e. The van der Waals surface area contributed by atoms with Gasteiger partial charge < -0.3 is 9.84 Å². The second kappa shape index (κ2) is 9.37. The van der Waals surface area contributed by atoms with E-state index < -0.39 is 0 Å². The molecule has 0 spiro atoms. The van der Waals surface area contributed by atoms with Gasteiger partial charge in [-0.05, 0) is 104 Å². The molecule has 0 heterocycles. The molecular formula is C30H52O2. The lowest BCUT2D eigenvalue weighted by molar-refractivity contribution is -0.106. The molecule has 1 N–H and O–H groups in total. The summed E-state index contributed by atoms with van der Waals surface area (Å²) in [6.07, 6.45) is 15.3. The Morgan fingerprint density at radius 1 is 1.03 bits per heavy atom. The molecule has 0 amide bonds. The van der Waals surface area contributed by atoms with Crippen LogP contribution in [0, 0.1) is 52.3 Å². The topological polar surface area (TPSA) is 29.5 Å². The largest absolute Gasteiger partial charge is 0.393 e. The Hall–Kier alpha value is -0.340. The van der Waals surface area contributed by atoms with Crippen LogP contribution in [0.5, 0.6) is 0 Å². The van der Waals surface area contributed by atoms with Gasteiger partial charge in [0.15, 0.2) is 0 Å². The standard InChI is InChI=1S/C30H52O2/c1-8-21(19(2)3)10-9-20(4)24-11-12-25-28-26(14-16-30(24,25)6)29(5)15-13-23(31)17-22(29)18-27(28)32-7/h18-21,23-28,31H,8-17H2,1-7H3/t20-,21-,23+,24?,25+,26+,27-,28?,29+,30-/m1/s1. The molecule has 0 aromatic heterocycles. The van der Waals surface area contributed by atoms with Crippen molar-refractivity contribution < 1.29 is 9.84 Å². The molecule has 0 radical (unpaired) electrons. The normalized spacial score (nSPS) is 45.6. The first-order valence-electron chi connectivity index (χ1n) is 14.1. The van der Waals surface area contributed by atoms with Gasteiger partial charge in [0.25, 0.3) is 0 Å². The molecule has 3 fully saturated rings. The van der Waals surface area contributed by atoms with Crippen LogP contribution in [-0.4, -0.2) is 24.4 Å². The fourth-order valence-electron chi connectivity index (χ4n) is 9.49. The maximum absolute atomic E-state index is 10.4. The van der Waals surface area contributed by atoms with Gasteiger partial charge in [-0.2, -0.15) is 0 Å². The molecule has 4 aliphatic rings. The molecule has 4 aliphatic carbocycles. The van der Waals surface area contributed by atoms with Crippen LogP contribution in [0.15, 0.2) is 11.6 Å². The molecule has 2 unspecified atom stereocenters. The summed E-state index contributed by atoms with van der Waals surface area (Å²) in [4.78, 5) is 0. The van der Waals surface area contributed by atoms with E-state index in [2.05, 4.69) is 47.6 Å². The lowest BCUT2D eigenvalue weighted by Crippen LogP contribution is -2.55. The Morgan fingerprint density at radius 2 is 1.78 bits per heavy atom. The van der Waals surface area contributed by atoms with Crippen LogP contribution in [0.3, 0.4) is 0 Å². The zero-order valence-electron chi connectivity index (χ0n) is 22.2. The maximum Gasteiger partial charge on any atom is 0.0788 e. The summed E-state index contributed by atoms with van der Waals surface area (Å²) >= 11 is 0. The van der Waals surface area contributed by atoms with Crippen LogP contribution in [0.4, 0.5) is 0 Å². The van der Waals surface area contributed by atoms with Gasteiger partial charge in [-0.15, -0.1) is 0 Å². The second-order valence-corrected chi connectivity index (χ2v) is 13.2. The van der Waals surface area contributed by atoms with Crippen LogP contribution < -0.4 is 0 Å². The third-order valence-electron chi connectivity index (χ3n) is 11.6. The Labute approximate surface area is 199 Å². The highest BCUT2D eigenvalue weighted by Gasteiger charge is 2.61. The third-order valence-corrected chi connectivity index (χ3v) is 11.6. The first kappa shape index (κ1) is 24.8. The highest BCUT2D eigenvalue weighted by atomic mass is 16.5. The zero-order valence-corrected chi connectivity index (χ0v) is 22.2. The van der Waals surface area contributed by atoms with Crippen LogP contribution >= 0.6 is 0 Å². The van der Waals surface area contributed by atoms with E-state index in [0.717, 1.165) is 54.8 Å². The predicted octanol–water partition coefficient (Wildman–Crippen LogP) is 7.65. The molecule has 0 saturated heterocycles. The van der Waals surface area contributed by atoms with Gasteiger partial charge in [0.2, 0.25) is 0 Å². The van der Waals surface area contributed by atoms with Crippen molar-refractivity contribution >= 4 is 0 Å². The molecule has 0 aromatic carbocycles. The van der Waals surface area contributed by atoms with Crippen molar-refractivity contribution in [2.24, 2.45) is 52.3 Å². The van der Waals surface area contributed by atoms with Crippen LogP contribution in [-0.2, 0) is 4.74 Å². The first-order valence-corrected chi connectivity index (χ1v) is 14.1. The van der Waals surface area contributed by atoms with E-state index in [1.165, 1.54) is 50.5 Å². The summed E-state index contributed by atoms with van der Waals surface area (Å²) in [6.45, 7) is 15.0. The van der Waals surface area contributed by atoms with E-state index in [1.807, 2.05) is 7.11 Å². The fourth-order valence-corrected chi connectivity index (χ4v) is 9.49. The summed E-state index contributed by atoms with van der Waals surface area (Å²) in [5.74, 6) is 5.62. The smallest absolute Gasteiger partial charge is 0.0788 e. The molecule has 2 heteroatoms. The summed E-state index contributed by atoms with van der Waals surface area (Å²) in [7, 11) is 1.93. The van der Waals surface area contributed by atoms with Gasteiger partial charge in [0.1, 0.15) is 0 Å². The van der Waals surface area contributed by atoms with E-state index in [0.29, 0.717) is 11.3 Å². The lowest BCUT2D eigenvalue weighted by atomic mass is 9.46. The van der Waals surface area contributed by atoms with Gasteiger partial charge in [-0.3, -0.25) is 0 Å². The number of hydrogen-bond donors (Lipinski definition) is 1. The molecular weight excluding hydrogens is 392 g/mol. The van der Waals surface area contributed by atoms with Crippen LogP contribution in [0.25, 0.3) is 0 Å². The Balaban J connectivity index is 1.54. The van der Waals surface area contributed by atoms with Crippen molar-refractivity contribution in [3.8, 4) is 0 Å². The highest BCUT2D eigenvalue weighted by molar-refractivity contribution is 5.28. The predicted molar refractivity (Wildman–Crippen MR) is 134 cm³/mol. The van der Waals surface area contributed by atoms with Crippen molar-refractivity contribution in [3.05, 3.63) is 11.6 Å². The Morgan fingerprint density at radius 3 is 2.44 bits per heavy atom. The van der Waals surface area contributed by atoms with Crippen LogP contribution in [0.2, 0.25) is 0 Å². The van der Waals surface area contributed by atoms with Gasteiger partial charge in [0, 0.05) is 7.11 Å². The van der Waals surface area contributed by atoms with E-state index in [-0.39, 0.29) is 17.6 Å². The highest BCUT2D eigenvalue weighted by Crippen LogP contribution is 2.67. The SMILES string of the molecule is CC[C@H](CC[C@@H](C)C1CC[C@H]2C3[C@H](OC)C=C4C[C@@H](O)CC[C@]4(C)[C@H]3CC[C@]12C)C(C)C. The molecule has 10 atom stereocenters. The molecule has 4 rings (SSSR count).